The molecule has 0 bridgehead atoms. The van der Waals surface area contributed by atoms with Gasteiger partial charge in [-0.05, 0) is 65.1 Å². The SMILES string of the molecule is CC(C)(C)C1CCC(S(=O)c2ccccc2Br)CC1. The van der Waals surface area contributed by atoms with Crippen LogP contribution < -0.4 is 0 Å². The van der Waals surface area contributed by atoms with Gasteiger partial charge >= 0.3 is 0 Å². The van der Waals surface area contributed by atoms with E-state index in [-0.39, 0.29) is 0 Å². The molecule has 1 aliphatic carbocycles. The minimum atomic E-state index is -0.870. The fourth-order valence-electron chi connectivity index (χ4n) is 2.93. The third kappa shape index (κ3) is 3.69. The summed E-state index contributed by atoms with van der Waals surface area (Å²) in [5.41, 5.74) is 0.389. The third-order valence-electron chi connectivity index (χ3n) is 4.26. The van der Waals surface area contributed by atoms with Crippen LogP contribution in [0, 0.1) is 11.3 Å². The molecule has 0 saturated heterocycles. The second kappa shape index (κ2) is 6.09. The van der Waals surface area contributed by atoms with Crippen LogP contribution in [0.1, 0.15) is 46.5 Å². The summed E-state index contributed by atoms with van der Waals surface area (Å²) in [6.45, 7) is 6.97. The summed E-state index contributed by atoms with van der Waals surface area (Å²) < 4.78 is 13.6. The molecule has 0 amide bonds. The van der Waals surface area contributed by atoms with E-state index in [1.165, 1.54) is 12.8 Å². The van der Waals surface area contributed by atoms with Gasteiger partial charge in [-0.25, -0.2) is 0 Å². The first-order valence-electron chi connectivity index (χ1n) is 7.04. The molecule has 19 heavy (non-hydrogen) atoms. The van der Waals surface area contributed by atoms with Crippen molar-refractivity contribution in [2.75, 3.05) is 0 Å². The summed E-state index contributed by atoms with van der Waals surface area (Å²) in [5, 5.41) is 0.331. The Morgan fingerprint density at radius 3 is 2.21 bits per heavy atom. The summed E-state index contributed by atoms with van der Waals surface area (Å²) in [5.74, 6) is 0.778. The van der Waals surface area contributed by atoms with Crippen molar-refractivity contribution in [1.82, 2.24) is 0 Å². The van der Waals surface area contributed by atoms with E-state index in [9.17, 15) is 4.21 Å². The molecule has 1 saturated carbocycles. The van der Waals surface area contributed by atoms with Crippen molar-refractivity contribution in [1.29, 1.82) is 0 Å². The van der Waals surface area contributed by atoms with Gasteiger partial charge in [0.15, 0.2) is 0 Å². The van der Waals surface area contributed by atoms with E-state index in [4.69, 9.17) is 0 Å². The molecule has 1 unspecified atom stereocenters. The van der Waals surface area contributed by atoms with Gasteiger partial charge < -0.3 is 0 Å². The Hall–Kier alpha value is -0.150. The predicted molar refractivity (Wildman–Crippen MR) is 85.8 cm³/mol. The number of rotatable bonds is 2. The van der Waals surface area contributed by atoms with Gasteiger partial charge in [-0.1, -0.05) is 32.9 Å². The molecule has 0 aromatic heterocycles. The summed E-state index contributed by atoms with van der Waals surface area (Å²) in [7, 11) is -0.870. The summed E-state index contributed by atoms with van der Waals surface area (Å²) in [6, 6.07) is 7.91. The van der Waals surface area contributed by atoms with Gasteiger partial charge in [0.1, 0.15) is 0 Å². The van der Waals surface area contributed by atoms with Gasteiger partial charge in [0.05, 0.1) is 15.7 Å². The molecule has 2 rings (SSSR count). The van der Waals surface area contributed by atoms with Crippen molar-refractivity contribution in [2.24, 2.45) is 11.3 Å². The van der Waals surface area contributed by atoms with E-state index in [2.05, 4.69) is 36.7 Å². The Labute approximate surface area is 127 Å². The average molecular weight is 343 g/mol. The zero-order valence-corrected chi connectivity index (χ0v) is 14.4. The maximum Gasteiger partial charge on any atom is 0.0572 e. The zero-order valence-electron chi connectivity index (χ0n) is 12.0. The summed E-state index contributed by atoms with van der Waals surface area (Å²) in [6.07, 6.45) is 4.61. The van der Waals surface area contributed by atoms with Gasteiger partial charge in [0.2, 0.25) is 0 Å². The van der Waals surface area contributed by atoms with Crippen molar-refractivity contribution in [3.05, 3.63) is 28.7 Å². The highest BCUT2D eigenvalue weighted by atomic mass is 79.9. The molecule has 0 radical (unpaired) electrons. The number of hydrogen-bond acceptors (Lipinski definition) is 1. The topological polar surface area (TPSA) is 17.1 Å². The molecule has 3 heteroatoms. The van der Waals surface area contributed by atoms with E-state index >= 15 is 0 Å². The molecule has 1 aromatic carbocycles. The molecular weight excluding hydrogens is 320 g/mol. The van der Waals surface area contributed by atoms with Crippen LogP contribution in [0.5, 0.6) is 0 Å². The lowest BCUT2D eigenvalue weighted by molar-refractivity contribution is 0.181. The van der Waals surface area contributed by atoms with Crippen LogP contribution in [-0.4, -0.2) is 9.46 Å². The van der Waals surface area contributed by atoms with E-state index in [1.54, 1.807) is 0 Å². The second-order valence-corrected chi connectivity index (χ2v) is 9.12. The predicted octanol–water partition coefficient (Wildman–Crippen LogP) is 5.16. The Morgan fingerprint density at radius 2 is 1.68 bits per heavy atom. The van der Waals surface area contributed by atoms with Crippen molar-refractivity contribution in [3.8, 4) is 0 Å². The molecule has 0 heterocycles. The lowest BCUT2D eigenvalue weighted by Crippen LogP contribution is -2.30. The van der Waals surface area contributed by atoms with Gasteiger partial charge in [0, 0.05) is 9.72 Å². The molecule has 106 valence electrons. The highest BCUT2D eigenvalue weighted by Gasteiger charge is 2.32. The van der Waals surface area contributed by atoms with Crippen LogP contribution in [-0.2, 0) is 10.8 Å². The van der Waals surface area contributed by atoms with E-state index in [0.717, 1.165) is 28.1 Å². The lowest BCUT2D eigenvalue weighted by atomic mass is 9.72. The highest BCUT2D eigenvalue weighted by Crippen LogP contribution is 2.40. The molecule has 0 spiro atoms. The highest BCUT2D eigenvalue weighted by molar-refractivity contribution is 9.10. The fraction of sp³-hybridized carbons (Fsp3) is 0.625. The molecule has 1 fully saturated rings. The van der Waals surface area contributed by atoms with Crippen LogP contribution in [0.3, 0.4) is 0 Å². The van der Waals surface area contributed by atoms with Crippen LogP contribution in [0.15, 0.2) is 33.6 Å². The lowest BCUT2D eigenvalue weighted by Gasteiger charge is -2.36. The minimum Gasteiger partial charge on any atom is -0.254 e. The van der Waals surface area contributed by atoms with E-state index in [1.807, 2.05) is 24.3 Å². The first-order chi connectivity index (χ1) is 8.89. The molecule has 1 atom stereocenters. The molecular formula is C16H23BrOS. The van der Waals surface area contributed by atoms with E-state index in [0.29, 0.717) is 10.7 Å². The largest absolute Gasteiger partial charge is 0.254 e. The first-order valence-corrected chi connectivity index (χ1v) is 9.05. The Bertz CT molecular complexity index is 456. The first kappa shape index (κ1) is 15.2. The number of hydrogen-bond donors (Lipinski definition) is 0. The quantitative estimate of drug-likeness (QED) is 0.725. The van der Waals surface area contributed by atoms with Crippen LogP contribution in [0.2, 0.25) is 0 Å². The van der Waals surface area contributed by atoms with Gasteiger partial charge in [-0.15, -0.1) is 0 Å². The summed E-state index contributed by atoms with van der Waals surface area (Å²) >= 11 is 3.51. The maximum absolute atomic E-state index is 12.7. The Balaban J connectivity index is 2.03. The number of benzene rings is 1. The normalized spacial score (nSPS) is 26.1. The second-order valence-electron chi connectivity index (χ2n) is 6.57. The molecule has 0 N–H and O–H groups in total. The maximum atomic E-state index is 12.7. The van der Waals surface area contributed by atoms with Crippen molar-refractivity contribution in [2.45, 2.75) is 56.6 Å². The van der Waals surface area contributed by atoms with Crippen LogP contribution in [0.25, 0.3) is 0 Å². The van der Waals surface area contributed by atoms with Gasteiger partial charge in [-0.3, -0.25) is 4.21 Å². The Morgan fingerprint density at radius 1 is 1.11 bits per heavy atom. The minimum absolute atomic E-state index is 0.331. The van der Waals surface area contributed by atoms with Crippen molar-refractivity contribution >= 4 is 26.7 Å². The van der Waals surface area contributed by atoms with Crippen molar-refractivity contribution < 1.29 is 4.21 Å². The standard InChI is InChI=1S/C16H23BrOS/c1-16(2,3)12-8-10-13(11-9-12)19(18)15-7-5-4-6-14(15)17/h4-7,12-13H,8-11H2,1-3H3. The smallest absolute Gasteiger partial charge is 0.0572 e. The zero-order chi connectivity index (χ0) is 14.0. The van der Waals surface area contributed by atoms with Crippen molar-refractivity contribution in [3.63, 3.8) is 0 Å². The molecule has 1 aliphatic rings. The van der Waals surface area contributed by atoms with E-state index < -0.39 is 10.8 Å². The summed E-state index contributed by atoms with van der Waals surface area (Å²) in [4.78, 5) is 0.960. The van der Waals surface area contributed by atoms with Gasteiger partial charge in [-0.2, -0.15) is 0 Å². The van der Waals surface area contributed by atoms with Crippen LogP contribution in [0.4, 0.5) is 0 Å². The van der Waals surface area contributed by atoms with Crippen LogP contribution >= 0.6 is 15.9 Å². The average Bonchev–Trinajstić information content (AvgIpc) is 2.38. The third-order valence-corrected chi connectivity index (χ3v) is 7.08. The molecule has 0 aliphatic heterocycles. The Kier molecular flexibility index (Phi) is 4.88. The molecule has 1 aromatic rings. The van der Waals surface area contributed by atoms with Gasteiger partial charge in [0.25, 0.3) is 0 Å². The number of halogens is 1. The molecule has 1 nitrogen and oxygen atoms in total. The monoisotopic (exact) mass is 342 g/mol. The fourth-order valence-corrected chi connectivity index (χ4v) is 5.23.